The zero-order chi connectivity index (χ0) is 14.2. The summed E-state index contributed by atoms with van der Waals surface area (Å²) in [4.78, 5) is 0.166. The van der Waals surface area contributed by atoms with Crippen molar-refractivity contribution in [2.45, 2.75) is 18.7 Å². The summed E-state index contributed by atoms with van der Waals surface area (Å²) in [6, 6.07) is 3.31. The Balaban J connectivity index is 2.46. The summed E-state index contributed by atoms with van der Waals surface area (Å²) >= 11 is 6.61. The van der Waals surface area contributed by atoms with Crippen molar-refractivity contribution in [1.82, 2.24) is 10.2 Å². The molecule has 5 nitrogen and oxygen atoms in total. The van der Waals surface area contributed by atoms with E-state index in [1.54, 1.807) is 25.3 Å². The van der Waals surface area contributed by atoms with E-state index >= 15 is 0 Å². The Morgan fingerprint density at radius 3 is 2.42 bits per heavy atom. The van der Waals surface area contributed by atoms with Crippen LogP contribution in [0.3, 0.4) is 0 Å². The second-order valence-corrected chi connectivity index (χ2v) is 7.42. The Kier molecular flexibility index (Phi) is 4.03. The molecule has 102 valence electrons. The van der Waals surface area contributed by atoms with Gasteiger partial charge in [0, 0.05) is 14.5 Å². The molecule has 0 atom stereocenters. The summed E-state index contributed by atoms with van der Waals surface area (Å²) in [6.45, 7) is 3.65. The molecule has 2 rings (SSSR count). The van der Waals surface area contributed by atoms with Gasteiger partial charge in [-0.2, -0.15) is 5.10 Å². The lowest BCUT2D eigenvalue weighted by Gasteiger charge is -2.10. The summed E-state index contributed by atoms with van der Waals surface area (Å²) in [5, 5.41) is 6.39. The average molecular weight is 409 g/mol. The molecule has 1 aromatic heterocycles. The minimum Gasteiger partial charge on any atom is -0.263 e. The summed E-state index contributed by atoms with van der Waals surface area (Å²) in [5.41, 5.74) is 1.68. The second-order valence-electron chi connectivity index (χ2n) is 4.07. The van der Waals surface area contributed by atoms with Gasteiger partial charge < -0.3 is 0 Å². The van der Waals surface area contributed by atoms with Crippen molar-refractivity contribution in [2.75, 3.05) is 4.72 Å². The summed E-state index contributed by atoms with van der Waals surface area (Å²) < 4.78 is 28.4. The number of rotatable bonds is 3. The van der Waals surface area contributed by atoms with Crippen LogP contribution in [0, 0.1) is 13.8 Å². The SMILES string of the molecule is Cc1cc(Br)c(S(=O)(=O)Nc2[nH]ncc2C)cc1Br. The Morgan fingerprint density at radius 2 is 1.84 bits per heavy atom. The van der Waals surface area contributed by atoms with Crippen LogP contribution in [0.1, 0.15) is 11.1 Å². The predicted molar refractivity (Wildman–Crippen MR) is 80.7 cm³/mol. The number of hydrogen-bond acceptors (Lipinski definition) is 3. The molecular formula is C11H11Br2N3O2S. The fourth-order valence-corrected chi connectivity index (χ4v) is 4.24. The predicted octanol–water partition coefficient (Wildman–Crippen LogP) is 3.35. The van der Waals surface area contributed by atoms with Gasteiger partial charge in [0.2, 0.25) is 0 Å². The molecule has 0 aliphatic rings. The van der Waals surface area contributed by atoms with Gasteiger partial charge in [0.05, 0.1) is 6.20 Å². The molecule has 0 spiro atoms. The monoisotopic (exact) mass is 407 g/mol. The van der Waals surface area contributed by atoms with Crippen LogP contribution in [-0.2, 0) is 10.0 Å². The van der Waals surface area contributed by atoms with Crippen LogP contribution >= 0.6 is 31.9 Å². The smallest absolute Gasteiger partial charge is 0.263 e. The van der Waals surface area contributed by atoms with Gasteiger partial charge >= 0.3 is 0 Å². The van der Waals surface area contributed by atoms with Gasteiger partial charge in [-0.3, -0.25) is 9.82 Å². The third kappa shape index (κ3) is 3.01. The molecule has 2 aromatic rings. The van der Waals surface area contributed by atoms with Gasteiger partial charge in [-0.1, -0.05) is 15.9 Å². The van der Waals surface area contributed by atoms with E-state index in [-0.39, 0.29) is 4.90 Å². The van der Waals surface area contributed by atoms with E-state index in [1.807, 2.05) is 6.92 Å². The molecule has 19 heavy (non-hydrogen) atoms. The summed E-state index contributed by atoms with van der Waals surface area (Å²) in [6.07, 6.45) is 1.55. The van der Waals surface area contributed by atoms with Crippen molar-refractivity contribution in [3.63, 3.8) is 0 Å². The first-order valence-corrected chi connectivity index (χ1v) is 8.36. The van der Waals surface area contributed by atoms with Crippen LogP contribution in [0.2, 0.25) is 0 Å². The Hall–Kier alpha value is -0.860. The quantitative estimate of drug-likeness (QED) is 0.817. The summed E-state index contributed by atoms with van der Waals surface area (Å²) in [5.74, 6) is 0.364. The van der Waals surface area contributed by atoms with Gasteiger partial charge in [-0.05, 0) is 47.5 Å². The van der Waals surface area contributed by atoms with Crippen LogP contribution in [0.5, 0.6) is 0 Å². The van der Waals surface area contributed by atoms with Crippen molar-refractivity contribution in [3.8, 4) is 0 Å². The number of hydrogen-bond donors (Lipinski definition) is 2. The van der Waals surface area contributed by atoms with Gasteiger partial charge in [0.15, 0.2) is 0 Å². The highest BCUT2D eigenvalue weighted by Crippen LogP contribution is 2.30. The van der Waals surface area contributed by atoms with E-state index < -0.39 is 10.0 Å². The zero-order valence-corrected chi connectivity index (χ0v) is 14.1. The number of benzene rings is 1. The fraction of sp³-hybridized carbons (Fsp3) is 0.182. The van der Waals surface area contributed by atoms with Gasteiger partial charge in [-0.25, -0.2) is 8.42 Å². The first kappa shape index (κ1) is 14.5. The van der Waals surface area contributed by atoms with E-state index in [1.165, 1.54) is 0 Å². The number of aromatic amines is 1. The molecule has 0 fully saturated rings. The molecule has 0 aliphatic carbocycles. The molecule has 0 aliphatic heterocycles. The largest absolute Gasteiger partial charge is 0.264 e. The number of aryl methyl sites for hydroxylation is 2. The number of nitrogens with one attached hydrogen (secondary N) is 2. The maximum absolute atomic E-state index is 12.3. The molecule has 8 heteroatoms. The Bertz CT molecular complexity index is 726. The van der Waals surface area contributed by atoms with Crippen LogP contribution in [-0.4, -0.2) is 18.6 Å². The minimum atomic E-state index is -3.67. The third-order valence-electron chi connectivity index (χ3n) is 2.57. The number of halogens is 2. The number of nitrogens with zero attached hydrogens (tertiary/aromatic N) is 1. The number of H-pyrrole nitrogens is 1. The van der Waals surface area contributed by atoms with E-state index in [2.05, 4.69) is 46.8 Å². The molecule has 0 bridgehead atoms. The van der Waals surface area contributed by atoms with Crippen LogP contribution < -0.4 is 4.72 Å². The van der Waals surface area contributed by atoms with Crippen molar-refractivity contribution >= 4 is 47.7 Å². The molecule has 0 amide bonds. The normalized spacial score (nSPS) is 11.6. The van der Waals surface area contributed by atoms with E-state index in [0.29, 0.717) is 10.3 Å². The number of sulfonamides is 1. The maximum atomic E-state index is 12.3. The molecule has 1 heterocycles. The molecule has 1 aromatic carbocycles. The Morgan fingerprint density at radius 1 is 1.16 bits per heavy atom. The lowest BCUT2D eigenvalue weighted by Crippen LogP contribution is -2.14. The van der Waals surface area contributed by atoms with Crippen LogP contribution in [0.25, 0.3) is 0 Å². The first-order chi connectivity index (χ1) is 8.81. The topological polar surface area (TPSA) is 74.8 Å². The van der Waals surface area contributed by atoms with E-state index in [0.717, 1.165) is 15.6 Å². The Labute approximate surface area is 128 Å². The van der Waals surface area contributed by atoms with Crippen LogP contribution in [0.4, 0.5) is 5.82 Å². The summed E-state index contributed by atoms with van der Waals surface area (Å²) in [7, 11) is -3.67. The maximum Gasteiger partial charge on any atom is 0.264 e. The lowest BCUT2D eigenvalue weighted by atomic mass is 10.2. The standard InChI is InChI=1S/C11H11Br2N3O2S/c1-6-3-9(13)10(4-8(6)12)19(17,18)16-11-7(2)5-14-15-11/h3-5H,1-2H3,(H2,14,15,16). The van der Waals surface area contributed by atoms with Crippen LogP contribution in [0.15, 0.2) is 32.2 Å². The first-order valence-electron chi connectivity index (χ1n) is 5.29. The molecular weight excluding hydrogens is 398 g/mol. The van der Waals surface area contributed by atoms with Gasteiger partial charge in [0.1, 0.15) is 10.7 Å². The molecule has 0 unspecified atom stereocenters. The highest BCUT2D eigenvalue weighted by molar-refractivity contribution is 9.11. The highest BCUT2D eigenvalue weighted by atomic mass is 79.9. The lowest BCUT2D eigenvalue weighted by molar-refractivity contribution is 0.600. The minimum absolute atomic E-state index is 0.166. The zero-order valence-electron chi connectivity index (χ0n) is 10.2. The molecule has 0 radical (unpaired) electrons. The second kappa shape index (κ2) is 5.26. The molecule has 0 saturated heterocycles. The molecule has 2 N–H and O–H groups in total. The van der Waals surface area contributed by atoms with Crippen molar-refractivity contribution < 1.29 is 8.42 Å². The van der Waals surface area contributed by atoms with E-state index in [9.17, 15) is 8.42 Å². The third-order valence-corrected chi connectivity index (χ3v) is 5.73. The highest BCUT2D eigenvalue weighted by Gasteiger charge is 2.20. The van der Waals surface area contributed by atoms with Gasteiger partial charge in [0.25, 0.3) is 10.0 Å². The number of anilines is 1. The molecule has 0 saturated carbocycles. The van der Waals surface area contributed by atoms with Crippen molar-refractivity contribution in [2.24, 2.45) is 0 Å². The van der Waals surface area contributed by atoms with E-state index in [4.69, 9.17) is 0 Å². The average Bonchev–Trinajstić information content (AvgIpc) is 2.69. The fourth-order valence-electron chi connectivity index (χ4n) is 1.47. The van der Waals surface area contributed by atoms with Crippen molar-refractivity contribution in [3.05, 3.63) is 38.4 Å². The van der Waals surface area contributed by atoms with Crippen molar-refractivity contribution in [1.29, 1.82) is 0 Å². The van der Waals surface area contributed by atoms with Gasteiger partial charge in [-0.15, -0.1) is 0 Å². The number of aromatic nitrogens is 2.